The van der Waals surface area contributed by atoms with Crippen LogP contribution in [0.3, 0.4) is 0 Å². The number of hydrogen-bond acceptors (Lipinski definition) is 2. The number of hydrazone groups is 1. The summed E-state index contributed by atoms with van der Waals surface area (Å²) in [6, 6.07) is 17.3. The van der Waals surface area contributed by atoms with E-state index in [1.807, 2.05) is 54.6 Å². The monoisotopic (exact) mass is 284 g/mol. The van der Waals surface area contributed by atoms with Crippen LogP contribution in [0.4, 0.5) is 0 Å². The summed E-state index contributed by atoms with van der Waals surface area (Å²) in [5, 5.41) is 6.51. The summed E-state index contributed by atoms with van der Waals surface area (Å²) in [6.07, 6.45) is 1.43. The van der Waals surface area contributed by atoms with E-state index in [4.69, 9.17) is 11.6 Å². The van der Waals surface area contributed by atoms with Gasteiger partial charge in [-0.3, -0.25) is 4.79 Å². The first-order valence-corrected chi connectivity index (χ1v) is 6.78. The van der Waals surface area contributed by atoms with Crippen LogP contribution in [0.15, 0.2) is 59.7 Å². The van der Waals surface area contributed by atoms with Gasteiger partial charge in [0.05, 0.1) is 11.8 Å². The summed E-state index contributed by atoms with van der Waals surface area (Å²) in [4.78, 5) is 11.3. The van der Waals surface area contributed by atoms with Gasteiger partial charge in [0, 0.05) is 11.4 Å². The van der Waals surface area contributed by atoms with Crippen LogP contribution in [0.25, 0.3) is 0 Å². The quantitative estimate of drug-likeness (QED) is 0.792. The van der Waals surface area contributed by atoms with Crippen LogP contribution in [0.2, 0.25) is 5.02 Å². The van der Waals surface area contributed by atoms with Gasteiger partial charge in [-0.05, 0) is 17.2 Å². The highest BCUT2D eigenvalue weighted by Crippen LogP contribution is 2.34. The Bertz CT molecular complexity index is 655. The van der Waals surface area contributed by atoms with Gasteiger partial charge in [0.1, 0.15) is 0 Å². The fourth-order valence-electron chi connectivity index (χ4n) is 2.43. The summed E-state index contributed by atoms with van der Waals surface area (Å²) in [5.74, 6) is 0. The number of rotatable bonds is 3. The van der Waals surface area contributed by atoms with Gasteiger partial charge in [-0.15, -0.1) is 0 Å². The third-order valence-corrected chi connectivity index (χ3v) is 3.77. The summed E-state index contributed by atoms with van der Waals surface area (Å²) in [5.41, 5.74) is 2.87. The summed E-state index contributed by atoms with van der Waals surface area (Å²) >= 11 is 6.23. The maximum atomic E-state index is 11.3. The minimum Gasteiger partial charge on any atom is -0.277 e. The molecule has 1 atom stereocenters. The van der Waals surface area contributed by atoms with Crippen molar-refractivity contribution in [2.45, 2.75) is 12.5 Å². The molecule has 1 heterocycles. The molecule has 0 fully saturated rings. The molecule has 1 unspecified atom stereocenters. The molecule has 0 bridgehead atoms. The second-order valence-corrected chi connectivity index (χ2v) is 5.05. The molecule has 0 spiro atoms. The fourth-order valence-corrected chi connectivity index (χ4v) is 2.69. The lowest BCUT2D eigenvalue weighted by atomic mass is 9.98. The zero-order chi connectivity index (χ0) is 13.9. The lowest BCUT2D eigenvalue weighted by molar-refractivity contribution is -0.119. The molecule has 4 heteroatoms. The smallest absolute Gasteiger partial charge is 0.230 e. The molecule has 0 radical (unpaired) electrons. The average Bonchev–Trinajstić information content (AvgIpc) is 2.93. The Kier molecular flexibility index (Phi) is 3.52. The Morgan fingerprint density at radius 3 is 2.50 bits per heavy atom. The summed E-state index contributed by atoms with van der Waals surface area (Å²) in [6.45, 7) is 0. The minimum atomic E-state index is -0.128. The highest BCUT2D eigenvalue weighted by atomic mass is 35.5. The van der Waals surface area contributed by atoms with Crippen LogP contribution in [0, 0.1) is 0 Å². The predicted octanol–water partition coefficient (Wildman–Crippen LogP) is 3.65. The van der Waals surface area contributed by atoms with E-state index in [1.165, 1.54) is 5.01 Å². The Balaban J connectivity index is 1.94. The Morgan fingerprint density at radius 2 is 1.80 bits per heavy atom. The SMILES string of the molecule is O=CN1N=C(c2ccccc2)CC1c1ccccc1Cl. The van der Waals surface area contributed by atoms with Crippen LogP contribution in [-0.4, -0.2) is 17.1 Å². The molecule has 0 aromatic heterocycles. The van der Waals surface area contributed by atoms with Crippen molar-refractivity contribution in [2.24, 2.45) is 5.10 Å². The van der Waals surface area contributed by atoms with Crippen LogP contribution in [0.1, 0.15) is 23.6 Å². The number of carbonyl (C=O) groups is 1. The molecule has 1 aliphatic rings. The summed E-state index contributed by atoms with van der Waals surface area (Å²) in [7, 11) is 0. The number of benzene rings is 2. The molecule has 2 aromatic carbocycles. The predicted molar refractivity (Wildman–Crippen MR) is 79.7 cm³/mol. The summed E-state index contributed by atoms with van der Waals surface area (Å²) < 4.78 is 0. The maximum Gasteiger partial charge on any atom is 0.230 e. The molecule has 1 aliphatic heterocycles. The number of nitrogens with zero attached hydrogens (tertiary/aromatic N) is 2. The second kappa shape index (κ2) is 5.47. The number of amides is 1. The van der Waals surface area contributed by atoms with E-state index in [1.54, 1.807) is 0 Å². The third-order valence-electron chi connectivity index (χ3n) is 3.42. The molecular weight excluding hydrogens is 272 g/mol. The molecule has 0 saturated heterocycles. The second-order valence-electron chi connectivity index (χ2n) is 4.64. The Morgan fingerprint density at radius 1 is 1.10 bits per heavy atom. The van der Waals surface area contributed by atoms with E-state index in [0.29, 0.717) is 11.4 Å². The molecule has 0 saturated carbocycles. The van der Waals surface area contributed by atoms with Crippen molar-refractivity contribution >= 4 is 23.7 Å². The molecular formula is C16H13ClN2O. The van der Waals surface area contributed by atoms with Crippen molar-refractivity contribution < 1.29 is 4.79 Å². The fraction of sp³-hybridized carbons (Fsp3) is 0.125. The standard InChI is InChI=1S/C16H13ClN2O/c17-14-9-5-4-8-13(14)16-10-15(18-19(16)11-20)12-6-2-1-3-7-12/h1-9,11,16H,10H2. The molecule has 20 heavy (non-hydrogen) atoms. The number of hydrogen-bond donors (Lipinski definition) is 0. The molecule has 3 rings (SSSR count). The van der Waals surface area contributed by atoms with Crippen LogP contribution >= 0.6 is 11.6 Å². The Labute approximate surface area is 122 Å². The number of carbonyl (C=O) groups excluding carboxylic acids is 1. The van der Waals surface area contributed by atoms with E-state index >= 15 is 0 Å². The van der Waals surface area contributed by atoms with Crippen molar-refractivity contribution in [3.8, 4) is 0 Å². The van der Waals surface area contributed by atoms with E-state index < -0.39 is 0 Å². The van der Waals surface area contributed by atoms with Gasteiger partial charge in [-0.1, -0.05) is 60.1 Å². The van der Waals surface area contributed by atoms with Crippen LogP contribution in [0.5, 0.6) is 0 Å². The Hall–Kier alpha value is -2.13. The topological polar surface area (TPSA) is 32.7 Å². The first-order valence-electron chi connectivity index (χ1n) is 6.40. The van der Waals surface area contributed by atoms with E-state index in [9.17, 15) is 4.79 Å². The number of halogens is 1. The van der Waals surface area contributed by atoms with E-state index in [2.05, 4.69) is 5.10 Å². The van der Waals surface area contributed by atoms with Crippen LogP contribution < -0.4 is 0 Å². The minimum absolute atomic E-state index is 0.128. The first-order chi connectivity index (χ1) is 9.79. The first kappa shape index (κ1) is 12.9. The third kappa shape index (κ3) is 2.32. The molecule has 100 valence electrons. The van der Waals surface area contributed by atoms with Crippen LogP contribution in [-0.2, 0) is 4.79 Å². The van der Waals surface area contributed by atoms with E-state index in [-0.39, 0.29) is 6.04 Å². The zero-order valence-corrected chi connectivity index (χ0v) is 11.5. The van der Waals surface area contributed by atoms with Gasteiger partial charge in [-0.2, -0.15) is 5.10 Å². The van der Waals surface area contributed by atoms with Crippen molar-refractivity contribution in [1.82, 2.24) is 5.01 Å². The van der Waals surface area contributed by atoms with Gasteiger partial charge < -0.3 is 0 Å². The van der Waals surface area contributed by atoms with Gasteiger partial charge in [-0.25, -0.2) is 5.01 Å². The lowest BCUT2D eigenvalue weighted by Gasteiger charge is -2.18. The average molecular weight is 285 g/mol. The van der Waals surface area contributed by atoms with Gasteiger partial charge >= 0.3 is 0 Å². The maximum absolute atomic E-state index is 11.3. The molecule has 3 nitrogen and oxygen atoms in total. The van der Waals surface area contributed by atoms with Gasteiger partial charge in [0.2, 0.25) is 6.41 Å². The molecule has 2 aromatic rings. The van der Waals surface area contributed by atoms with Gasteiger partial charge in [0.15, 0.2) is 0 Å². The lowest BCUT2D eigenvalue weighted by Crippen LogP contribution is -2.17. The van der Waals surface area contributed by atoms with Crippen molar-refractivity contribution in [1.29, 1.82) is 0 Å². The largest absolute Gasteiger partial charge is 0.277 e. The van der Waals surface area contributed by atoms with Crippen molar-refractivity contribution in [2.75, 3.05) is 0 Å². The van der Waals surface area contributed by atoms with Gasteiger partial charge in [0.25, 0.3) is 0 Å². The van der Waals surface area contributed by atoms with Crippen molar-refractivity contribution in [3.05, 3.63) is 70.7 Å². The normalized spacial score (nSPS) is 17.9. The molecule has 0 N–H and O–H groups in total. The highest BCUT2D eigenvalue weighted by molar-refractivity contribution is 6.31. The van der Waals surface area contributed by atoms with Crippen molar-refractivity contribution in [3.63, 3.8) is 0 Å². The zero-order valence-electron chi connectivity index (χ0n) is 10.7. The highest BCUT2D eigenvalue weighted by Gasteiger charge is 2.29. The van der Waals surface area contributed by atoms with E-state index in [0.717, 1.165) is 23.2 Å². The molecule has 1 amide bonds. The molecule has 0 aliphatic carbocycles.